The van der Waals surface area contributed by atoms with Crippen molar-refractivity contribution in [2.24, 2.45) is 5.14 Å². The quantitative estimate of drug-likeness (QED) is 0.391. The van der Waals surface area contributed by atoms with Crippen LogP contribution in [0.25, 0.3) is 0 Å². The van der Waals surface area contributed by atoms with Gasteiger partial charge in [0.2, 0.25) is 15.8 Å². The molecule has 0 saturated heterocycles. The van der Waals surface area contributed by atoms with Crippen LogP contribution in [-0.4, -0.2) is 31.3 Å². The van der Waals surface area contributed by atoms with Crippen molar-refractivity contribution in [1.82, 2.24) is 0 Å². The summed E-state index contributed by atoms with van der Waals surface area (Å²) in [6, 6.07) is 5.89. The number of carbonyl (C=O) groups is 2. The molecule has 2 rings (SSSR count). The number of nitrogens with one attached hydrogen (secondary N) is 1. The van der Waals surface area contributed by atoms with Gasteiger partial charge in [-0.1, -0.05) is 11.6 Å². The van der Waals surface area contributed by atoms with Crippen LogP contribution in [0.2, 0.25) is 5.02 Å². The van der Waals surface area contributed by atoms with Crippen LogP contribution in [-0.2, 0) is 19.6 Å². The Kier molecular flexibility index (Phi) is 6.51. The first-order chi connectivity index (χ1) is 13.4. The fraction of sp³-hybridized carbons (Fsp3) is 0.125. The Hall–Kier alpha value is -3.09. The van der Waals surface area contributed by atoms with Gasteiger partial charge >= 0.3 is 11.7 Å². The summed E-state index contributed by atoms with van der Waals surface area (Å²) in [5.41, 5.74) is -1.16. The largest absolute Gasteiger partial charge is 0.449 e. The minimum atomic E-state index is -4.19. The lowest BCUT2D eigenvalue weighted by molar-refractivity contribution is -0.387. The van der Waals surface area contributed by atoms with E-state index in [0.29, 0.717) is 0 Å². The molecule has 2 aromatic carbocycles. The Labute approximate surface area is 168 Å². The summed E-state index contributed by atoms with van der Waals surface area (Å²) in [4.78, 5) is 33.6. The number of halogens is 2. The number of nitrogens with zero attached hydrogens (tertiary/aromatic N) is 1. The fourth-order valence-corrected chi connectivity index (χ4v) is 3.18. The summed E-state index contributed by atoms with van der Waals surface area (Å²) in [6.07, 6.45) is -1.37. The third-order valence-electron chi connectivity index (χ3n) is 3.54. The van der Waals surface area contributed by atoms with Gasteiger partial charge in [0, 0.05) is 11.8 Å². The number of carbonyl (C=O) groups excluding carboxylic acids is 2. The lowest BCUT2D eigenvalue weighted by atomic mass is 10.2. The topological polar surface area (TPSA) is 159 Å². The van der Waals surface area contributed by atoms with Crippen molar-refractivity contribution >= 4 is 44.9 Å². The molecule has 3 N–H and O–H groups in total. The number of anilines is 1. The van der Waals surface area contributed by atoms with Crippen molar-refractivity contribution < 1.29 is 32.1 Å². The number of hydrogen-bond donors (Lipinski definition) is 2. The molecule has 2 aromatic rings. The number of benzene rings is 2. The van der Waals surface area contributed by atoms with E-state index in [1.807, 2.05) is 0 Å². The van der Waals surface area contributed by atoms with E-state index in [-0.39, 0.29) is 16.3 Å². The molecule has 10 nitrogen and oxygen atoms in total. The normalized spacial score (nSPS) is 12.1. The molecule has 0 radical (unpaired) electrons. The van der Waals surface area contributed by atoms with Crippen molar-refractivity contribution in [3.63, 3.8) is 0 Å². The summed E-state index contributed by atoms with van der Waals surface area (Å²) in [5, 5.41) is 17.8. The van der Waals surface area contributed by atoms with E-state index in [1.54, 1.807) is 0 Å². The second kappa shape index (κ2) is 8.51. The number of nitro benzene ring substituents is 1. The first-order valence-corrected chi connectivity index (χ1v) is 9.60. The second-order valence-electron chi connectivity index (χ2n) is 5.65. The Morgan fingerprint density at radius 3 is 2.52 bits per heavy atom. The predicted octanol–water partition coefficient (Wildman–Crippen LogP) is 2.22. The number of esters is 1. The Balaban J connectivity index is 2.13. The van der Waals surface area contributed by atoms with Gasteiger partial charge in [-0.3, -0.25) is 14.9 Å². The highest BCUT2D eigenvalue weighted by atomic mass is 35.5. The molecule has 13 heteroatoms. The average Bonchev–Trinajstić information content (AvgIpc) is 2.62. The summed E-state index contributed by atoms with van der Waals surface area (Å²) in [5.74, 6) is -2.99. The van der Waals surface area contributed by atoms with Gasteiger partial charge in [0.25, 0.3) is 5.91 Å². The molecular weight excluding hydrogens is 433 g/mol. The molecule has 1 atom stereocenters. The standard InChI is InChI=1S/C16H13ClFN3O7S/c1-8(15(22)20-10-3-5-12(18)13(7-10)21(24)25)28-16(23)9-2-4-11(17)14(6-9)29(19,26)27/h2-8H,1H3,(H,20,22)(H2,19,26,27). The number of rotatable bonds is 6. The van der Waals surface area contributed by atoms with Gasteiger partial charge in [-0.2, -0.15) is 4.39 Å². The monoisotopic (exact) mass is 445 g/mol. The maximum absolute atomic E-state index is 13.3. The van der Waals surface area contributed by atoms with Gasteiger partial charge in [-0.25, -0.2) is 18.4 Å². The van der Waals surface area contributed by atoms with Crippen molar-refractivity contribution in [3.05, 3.63) is 62.9 Å². The molecule has 1 amide bonds. The molecule has 0 fully saturated rings. The number of ether oxygens (including phenoxy) is 1. The molecule has 1 unspecified atom stereocenters. The van der Waals surface area contributed by atoms with Gasteiger partial charge in [-0.05, 0) is 37.3 Å². The van der Waals surface area contributed by atoms with E-state index < -0.39 is 49.3 Å². The minimum Gasteiger partial charge on any atom is -0.449 e. The summed E-state index contributed by atoms with van der Waals surface area (Å²) >= 11 is 5.73. The molecule has 0 aliphatic rings. The number of hydrogen-bond acceptors (Lipinski definition) is 7. The van der Waals surface area contributed by atoms with Crippen LogP contribution in [0.5, 0.6) is 0 Å². The van der Waals surface area contributed by atoms with E-state index in [1.165, 1.54) is 13.0 Å². The van der Waals surface area contributed by atoms with E-state index in [9.17, 15) is 32.5 Å². The molecule has 0 aliphatic carbocycles. The van der Waals surface area contributed by atoms with Crippen LogP contribution < -0.4 is 10.5 Å². The lowest BCUT2D eigenvalue weighted by Crippen LogP contribution is -2.30. The summed E-state index contributed by atoms with van der Waals surface area (Å²) in [7, 11) is -4.19. The van der Waals surface area contributed by atoms with Crippen LogP contribution in [0.4, 0.5) is 15.8 Å². The van der Waals surface area contributed by atoms with Gasteiger partial charge in [-0.15, -0.1) is 0 Å². The predicted molar refractivity (Wildman–Crippen MR) is 99.4 cm³/mol. The van der Waals surface area contributed by atoms with Crippen molar-refractivity contribution in [3.8, 4) is 0 Å². The molecule has 0 aromatic heterocycles. The molecule has 0 heterocycles. The van der Waals surface area contributed by atoms with Gasteiger partial charge < -0.3 is 10.1 Å². The Morgan fingerprint density at radius 2 is 1.93 bits per heavy atom. The van der Waals surface area contributed by atoms with Crippen LogP contribution in [0.1, 0.15) is 17.3 Å². The zero-order chi connectivity index (χ0) is 21.9. The molecule has 0 aliphatic heterocycles. The second-order valence-corrected chi connectivity index (χ2v) is 7.59. The maximum atomic E-state index is 13.3. The summed E-state index contributed by atoms with van der Waals surface area (Å²) in [6.45, 7) is 1.21. The van der Waals surface area contributed by atoms with Crippen LogP contribution in [0.3, 0.4) is 0 Å². The van der Waals surface area contributed by atoms with E-state index >= 15 is 0 Å². The molecule has 0 spiro atoms. The van der Waals surface area contributed by atoms with Crippen LogP contribution in [0, 0.1) is 15.9 Å². The van der Waals surface area contributed by atoms with Crippen molar-refractivity contribution in [2.45, 2.75) is 17.9 Å². The van der Waals surface area contributed by atoms with Crippen LogP contribution >= 0.6 is 11.6 Å². The molecule has 0 bridgehead atoms. The van der Waals surface area contributed by atoms with E-state index in [0.717, 1.165) is 30.3 Å². The number of amides is 1. The van der Waals surface area contributed by atoms with Gasteiger partial charge in [0.1, 0.15) is 4.90 Å². The Morgan fingerprint density at radius 1 is 1.28 bits per heavy atom. The molecular formula is C16H13ClFN3O7S. The first-order valence-electron chi connectivity index (χ1n) is 7.68. The minimum absolute atomic E-state index is 0.0889. The third kappa shape index (κ3) is 5.47. The third-order valence-corrected chi connectivity index (χ3v) is 4.93. The SMILES string of the molecule is CC(OC(=O)c1ccc(Cl)c(S(N)(=O)=O)c1)C(=O)Nc1ccc(F)c([N+](=O)[O-])c1. The zero-order valence-electron chi connectivity index (χ0n) is 14.6. The highest BCUT2D eigenvalue weighted by molar-refractivity contribution is 7.89. The molecule has 29 heavy (non-hydrogen) atoms. The van der Waals surface area contributed by atoms with E-state index in [2.05, 4.69) is 5.32 Å². The molecule has 154 valence electrons. The Bertz CT molecular complexity index is 1110. The highest BCUT2D eigenvalue weighted by Gasteiger charge is 2.23. The fourth-order valence-electron chi connectivity index (χ4n) is 2.10. The number of sulfonamides is 1. The van der Waals surface area contributed by atoms with Crippen molar-refractivity contribution in [2.75, 3.05) is 5.32 Å². The van der Waals surface area contributed by atoms with E-state index in [4.69, 9.17) is 21.5 Å². The number of nitrogens with two attached hydrogens (primary N) is 1. The molecule has 0 saturated carbocycles. The maximum Gasteiger partial charge on any atom is 0.338 e. The van der Waals surface area contributed by atoms with Gasteiger partial charge in [0.05, 0.1) is 15.5 Å². The first kappa shape index (κ1) is 22.2. The zero-order valence-corrected chi connectivity index (χ0v) is 16.2. The van der Waals surface area contributed by atoms with Crippen molar-refractivity contribution in [1.29, 1.82) is 0 Å². The number of nitro groups is 1. The average molecular weight is 446 g/mol. The highest BCUT2D eigenvalue weighted by Crippen LogP contribution is 2.23. The number of primary sulfonamides is 1. The smallest absolute Gasteiger partial charge is 0.338 e. The lowest BCUT2D eigenvalue weighted by Gasteiger charge is -2.14. The summed E-state index contributed by atoms with van der Waals surface area (Å²) < 4.78 is 41.2. The van der Waals surface area contributed by atoms with Crippen LogP contribution in [0.15, 0.2) is 41.3 Å². The van der Waals surface area contributed by atoms with Gasteiger partial charge in [0.15, 0.2) is 6.10 Å².